The zero-order chi connectivity index (χ0) is 10.7. The lowest BCUT2D eigenvalue weighted by molar-refractivity contribution is 0.0827. The molecule has 0 saturated carbocycles. The van der Waals surface area contributed by atoms with E-state index in [-0.39, 0.29) is 6.61 Å². The van der Waals surface area contributed by atoms with E-state index in [0.29, 0.717) is 11.7 Å². The zero-order valence-corrected chi connectivity index (χ0v) is 9.02. The Labute approximate surface area is 89.1 Å². The van der Waals surface area contributed by atoms with Crippen LogP contribution in [0.3, 0.4) is 0 Å². The second kappa shape index (κ2) is 4.72. The van der Waals surface area contributed by atoms with E-state index >= 15 is 0 Å². The van der Waals surface area contributed by atoms with Gasteiger partial charge in [-0.05, 0) is 19.8 Å². The van der Waals surface area contributed by atoms with E-state index in [0.717, 1.165) is 38.4 Å². The van der Waals surface area contributed by atoms with Crippen LogP contribution in [0.4, 0.5) is 0 Å². The lowest BCUT2D eigenvalue weighted by Gasteiger charge is -2.21. The van der Waals surface area contributed by atoms with E-state index in [1.165, 1.54) is 0 Å². The molecule has 2 rings (SSSR count). The largest absolute Gasteiger partial charge is 0.388 e. The molecule has 1 aromatic heterocycles. The average Bonchev–Trinajstić information content (AvgIpc) is 2.72. The molecule has 2 heterocycles. The van der Waals surface area contributed by atoms with Crippen molar-refractivity contribution in [3.8, 4) is 0 Å². The van der Waals surface area contributed by atoms with E-state index in [9.17, 15) is 0 Å². The van der Waals surface area contributed by atoms with Crippen molar-refractivity contribution >= 4 is 0 Å². The first-order chi connectivity index (χ1) is 7.36. The van der Waals surface area contributed by atoms with Crippen LogP contribution < -0.4 is 0 Å². The van der Waals surface area contributed by atoms with Crippen molar-refractivity contribution < 1.29 is 9.84 Å². The van der Waals surface area contributed by atoms with Gasteiger partial charge in [0.05, 0.1) is 0 Å². The highest BCUT2D eigenvalue weighted by atomic mass is 16.5. The SMILES string of the molecule is CCn1c(CO)nnc1C1CCOCC1. The third-order valence-electron chi connectivity index (χ3n) is 2.90. The summed E-state index contributed by atoms with van der Waals surface area (Å²) < 4.78 is 7.33. The Morgan fingerprint density at radius 1 is 1.40 bits per heavy atom. The maximum absolute atomic E-state index is 9.11. The van der Waals surface area contributed by atoms with Gasteiger partial charge in [-0.1, -0.05) is 0 Å². The number of aromatic nitrogens is 3. The maximum atomic E-state index is 9.11. The first-order valence-corrected chi connectivity index (χ1v) is 5.47. The van der Waals surface area contributed by atoms with Crippen LogP contribution in [0, 0.1) is 0 Å². The van der Waals surface area contributed by atoms with Gasteiger partial charge in [-0.3, -0.25) is 0 Å². The summed E-state index contributed by atoms with van der Waals surface area (Å²) in [6, 6.07) is 0. The molecule has 0 atom stereocenters. The molecular formula is C10H17N3O2. The molecule has 1 fully saturated rings. The fraction of sp³-hybridized carbons (Fsp3) is 0.800. The first kappa shape index (κ1) is 10.6. The molecular weight excluding hydrogens is 194 g/mol. The van der Waals surface area contributed by atoms with Gasteiger partial charge >= 0.3 is 0 Å². The van der Waals surface area contributed by atoms with E-state index in [4.69, 9.17) is 9.84 Å². The summed E-state index contributed by atoms with van der Waals surface area (Å²) >= 11 is 0. The van der Waals surface area contributed by atoms with Crippen molar-refractivity contribution in [3.63, 3.8) is 0 Å². The van der Waals surface area contributed by atoms with Crippen LogP contribution in [0.5, 0.6) is 0 Å². The summed E-state index contributed by atoms with van der Waals surface area (Å²) in [4.78, 5) is 0. The molecule has 0 amide bonds. The Hall–Kier alpha value is -0.940. The minimum atomic E-state index is -0.0376. The van der Waals surface area contributed by atoms with Gasteiger partial charge in [0.2, 0.25) is 0 Å². The fourth-order valence-electron chi connectivity index (χ4n) is 2.07. The van der Waals surface area contributed by atoms with Crippen LogP contribution in [0.25, 0.3) is 0 Å². The molecule has 1 aromatic rings. The van der Waals surface area contributed by atoms with Crippen molar-refractivity contribution in [1.82, 2.24) is 14.8 Å². The average molecular weight is 211 g/mol. The van der Waals surface area contributed by atoms with E-state index in [1.54, 1.807) is 0 Å². The molecule has 1 aliphatic rings. The second-order valence-corrected chi connectivity index (χ2v) is 3.76. The van der Waals surface area contributed by atoms with Crippen molar-refractivity contribution in [2.75, 3.05) is 13.2 Å². The van der Waals surface area contributed by atoms with Crippen LogP contribution in [0.2, 0.25) is 0 Å². The number of aliphatic hydroxyl groups is 1. The standard InChI is InChI=1S/C10H17N3O2/c1-2-13-9(7-14)11-12-10(13)8-3-5-15-6-4-8/h8,14H,2-7H2,1H3. The van der Waals surface area contributed by atoms with Crippen LogP contribution in [-0.2, 0) is 17.9 Å². The van der Waals surface area contributed by atoms with Gasteiger partial charge in [0.25, 0.3) is 0 Å². The van der Waals surface area contributed by atoms with E-state index in [2.05, 4.69) is 10.2 Å². The molecule has 0 unspecified atom stereocenters. The summed E-state index contributed by atoms with van der Waals surface area (Å²) in [5.74, 6) is 2.11. The molecule has 15 heavy (non-hydrogen) atoms. The Kier molecular flexibility index (Phi) is 3.33. The third kappa shape index (κ3) is 2.03. The molecule has 0 radical (unpaired) electrons. The van der Waals surface area contributed by atoms with Gasteiger partial charge in [0, 0.05) is 25.7 Å². The van der Waals surface area contributed by atoms with Gasteiger partial charge in [-0.15, -0.1) is 10.2 Å². The number of aliphatic hydroxyl groups excluding tert-OH is 1. The Morgan fingerprint density at radius 2 is 2.13 bits per heavy atom. The predicted molar refractivity (Wildman–Crippen MR) is 54.4 cm³/mol. The fourth-order valence-corrected chi connectivity index (χ4v) is 2.07. The lowest BCUT2D eigenvalue weighted by atomic mass is 9.99. The molecule has 0 aromatic carbocycles. The summed E-state index contributed by atoms with van der Waals surface area (Å²) in [7, 11) is 0. The van der Waals surface area contributed by atoms with E-state index in [1.807, 2.05) is 11.5 Å². The van der Waals surface area contributed by atoms with Gasteiger partial charge in [0.1, 0.15) is 12.4 Å². The molecule has 1 aliphatic heterocycles. The molecule has 0 spiro atoms. The van der Waals surface area contributed by atoms with Crippen molar-refractivity contribution in [2.24, 2.45) is 0 Å². The molecule has 5 heteroatoms. The minimum Gasteiger partial charge on any atom is -0.388 e. The molecule has 0 bridgehead atoms. The highest BCUT2D eigenvalue weighted by Crippen LogP contribution is 2.25. The summed E-state index contributed by atoms with van der Waals surface area (Å²) in [6.07, 6.45) is 2.01. The number of ether oxygens (including phenoxy) is 1. The van der Waals surface area contributed by atoms with Crippen LogP contribution >= 0.6 is 0 Å². The number of rotatable bonds is 3. The Bertz CT molecular complexity index is 318. The first-order valence-electron chi connectivity index (χ1n) is 5.47. The highest BCUT2D eigenvalue weighted by Gasteiger charge is 2.22. The smallest absolute Gasteiger partial charge is 0.158 e. The highest BCUT2D eigenvalue weighted by molar-refractivity contribution is 5.02. The van der Waals surface area contributed by atoms with Gasteiger partial charge in [-0.25, -0.2) is 0 Å². The molecule has 0 aliphatic carbocycles. The maximum Gasteiger partial charge on any atom is 0.158 e. The summed E-state index contributed by atoms with van der Waals surface area (Å²) in [5.41, 5.74) is 0. The molecule has 1 saturated heterocycles. The van der Waals surface area contributed by atoms with Crippen molar-refractivity contribution in [1.29, 1.82) is 0 Å². The normalized spacial score (nSPS) is 18.3. The summed E-state index contributed by atoms with van der Waals surface area (Å²) in [6.45, 7) is 4.43. The van der Waals surface area contributed by atoms with Crippen LogP contribution in [-0.4, -0.2) is 33.1 Å². The zero-order valence-electron chi connectivity index (χ0n) is 9.02. The van der Waals surface area contributed by atoms with Crippen LogP contribution in [0.15, 0.2) is 0 Å². The van der Waals surface area contributed by atoms with E-state index < -0.39 is 0 Å². The van der Waals surface area contributed by atoms with Crippen molar-refractivity contribution in [3.05, 3.63) is 11.6 Å². The second-order valence-electron chi connectivity index (χ2n) is 3.76. The quantitative estimate of drug-likeness (QED) is 0.799. The third-order valence-corrected chi connectivity index (χ3v) is 2.90. The molecule has 1 N–H and O–H groups in total. The number of hydrogen-bond acceptors (Lipinski definition) is 4. The number of hydrogen-bond donors (Lipinski definition) is 1. The minimum absolute atomic E-state index is 0.0376. The molecule has 5 nitrogen and oxygen atoms in total. The van der Waals surface area contributed by atoms with Crippen molar-refractivity contribution in [2.45, 2.75) is 38.8 Å². The van der Waals surface area contributed by atoms with Gasteiger partial charge < -0.3 is 14.4 Å². The molecule has 84 valence electrons. The lowest BCUT2D eigenvalue weighted by Crippen LogP contribution is -2.18. The monoisotopic (exact) mass is 211 g/mol. The van der Waals surface area contributed by atoms with Gasteiger partial charge in [0.15, 0.2) is 5.82 Å². The number of nitrogens with zero attached hydrogens (tertiary/aromatic N) is 3. The Balaban J connectivity index is 2.22. The predicted octanol–water partition coefficient (Wildman–Crippen LogP) is 0.684. The Morgan fingerprint density at radius 3 is 2.73 bits per heavy atom. The summed E-state index contributed by atoms with van der Waals surface area (Å²) in [5, 5.41) is 17.3. The van der Waals surface area contributed by atoms with Gasteiger partial charge in [-0.2, -0.15) is 0 Å². The van der Waals surface area contributed by atoms with Crippen LogP contribution in [0.1, 0.15) is 37.3 Å². The topological polar surface area (TPSA) is 60.2 Å².